The molecule has 102 valence electrons. The highest BCUT2D eigenvalue weighted by atomic mass is 16.5. The monoisotopic (exact) mass is 253 g/mol. The molecule has 0 amide bonds. The van der Waals surface area contributed by atoms with E-state index in [-0.39, 0.29) is 13.2 Å². The largest absolute Gasteiger partial charge is 0.494 e. The van der Waals surface area contributed by atoms with Gasteiger partial charge in [-0.15, -0.1) is 0 Å². The fourth-order valence-corrected chi connectivity index (χ4v) is 1.78. The molecule has 4 N–H and O–H groups in total. The lowest BCUT2D eigenvalue weighted by Crippen LogP contribution is -2.01. The molecule has 4 heteroatoms. The van der Waals surface area contributed by atoms with Crippen LogP contribution < -0.4 is 10.5 Å². The molecule has 0 spiro atoms. The fourth-order valence-electron chi connectivity index (χ4n) is 1.78. The van der Waals surface area contributed by atoms with Crippen LogP contribution in [-0.4, -0.2) is 23.4 Å². The number of benzene rings is 1. The third-order valence-corrected chi connectivity index (χ3v) is 2.76. The Morgan fingerprint density at radius 1 is 0.889 bits per heavy atom. The summed E-state index contributed by atoms with van der Waals surface area (Å²) < 4.78 is 5.62. The second-order valence-electron chi connectivity index (χ2n) is 4.35. The van der Waals surface area contributed by atoms with Crippen molar-refractivity contribution in [1.82, 2.24) is 0 Å². The molecule has 18 heavy (non-hydrogen) atoms. The highest BCUT2D eigenvalue weighted by Crippen LogP contribution is 2.18. The first-order chi connectivity index (χ1) is 8.80. The van der Waals surface area contributed by atoms with Gasteiger partial charge in [-0.05, 0) is 42.6 Å². The van der Waals surface area contributed by atoms with Crippen LogP contribution >= 0.6 is 0 Å². The summed E-state index contributed by atoms with van der Waals surface area (Å²) in [6.07, 6.45) is 4.31. The van der Waals surface area contributed by atoms with Crippen molar-refractivity contribution in [3.05, 3.63) is 29.3 Å². The first kappa shape index (κ1) is 15.0. The van der Waals surface area contributed by atoms with Crippen molar-refractivity contribution in [2.75, 3.05) is 13.2 Å². The number of aliphatic hydroxyl groups is 2. The maximum Gasteiger partial charge on any atom is 0.120 e. The molecular weight excluding hydrogens is 230 g/mol. The lowest BCUT2D eigenvalue weighted by molar-refractivity contribution is 0.269. The van der Waals surface area contributed by atoms with Crippen LogP contribution in [0.15, 0.2) is 18.2 Å². The number of hydrogen-bond donors (Lipinski definition) is 3. The number of aliphatic hydroxyl groups excluding tert-OH is 2. The van der Waals surface area contributed by atoms with Crippen LogP contribution in [-0.2, 0) is 13.2 Å². The molecule has 0 aliphatic rings. The Labute approximate surface area is 108 Å². The number of ether oxygens (including phenoxy) is 1. The Kier molecular flexibility index (Phi) is 7.41. The minimum Gasteiger partial charge on any atom is -0.494 e. The molecular formula is C14H23NO3. The Bertz CT molecular complexity index is 320. The smallest absolute Gasteiger partial charge is 0.120 e. The van der Waals surface area contributed by atoms with Crippen LogP contribution in [0.5, 0.6) is 5.75 Å². The summed E-state index contributed by atoms with van der Waals surface area (Å²) in [5, 5.41) is 18.2. The van der Waals surface area contributed by atoms with E-state index in [4.69, 9.17) is 20.7 Å². The van der Waals surface area contributed by atoms with Gasteiger partial charge in [-0.25, -0.2) is 0 Å². The third kappa shape index (κ3) is 5.49. The third-order valence-electron chi connectivity index (χ3n) is 2.76. The van der Waals surface area contributed by atoms with Gasteiger partial charge in [0.25, 0.3) is 0 Å². The van der Waals surface area contributed by atoms with Gasteiger partial charge < -0.3 is 20.7 Å². The Morgan fingerprint density at radius 3 is 2.06 bits per heavy atom. The molecule has 0 radical (unpaired) electrons. The van der Waals surface area contributed by atoms with Crippen molar-refractivity contribution >= 4 is 0 Å². The number of hydrogen-bond acceptors (Lipinski definition) is 4. The normalized spacial score (nSPS) is 10.6. The fraction of sp³-hybridized carbons (Fsp3) is 0.571. The molecule has 0 unspecified atom stereocenters. The summed E-state index contributed by atoms with van der Waals surface area (Å²) >= 11 is 0. The van der Waals surface area contributed by atoms with E-state index in [0.717, 1.165) is 43.4 Å². The average Bonchev–Trinajstić information content (AvgIpc) is 2.42. The average molecular weight is 253 g/mol. The minimum absolute atomic E-state index is 0.0410. The molecule has 0 atom stereocenters. The van der Waals surface area contributed by atoms with Crippen molar-refractivity contribution in [2.45, 2.75) is 38.9 Å². The zero-order valence-electron chi connectivity index (χ0n) is 10.8. The lowest BCUT2D eigenvalue weighted by Gasteiger charge is -2.09. The van der Waals surface area contributed by atoms with Crippen LogP contribution in [0.2, 0.25) is 0 Å². The van der Waals surface area contributed by atoms with E-state index in [0.29, 0.717) is 12.4 Å². The van der Waals surface area contributed by atoms with E-state index >= 15 is 0 Å². The minimum atomic E-state index is -0.0410. The Morgan fingerprint density at radius 2 is 1.50 bits per heavy atom. The highest BCUT2D eigenvalue weighted by molar-refractivity contribution is 5.33. The predicted molar refractivity (Wildman–Crippen MR) is 71.3 cm³/mol. The summed E-state index contributed by atoms with van der Waals surface area (Å²) in [6, 6.07) is 5.38. The quantitative estimate of drug-likeness (QED) is 0.584. The Hall–Kier alpha value is -1.10. The standard InChI is InChI=1S/C14H23NO3/c15-5-3-1-2-4-6-18-14-8-12(10-16)7-13(9-14)11-17/h7-9,16-17H,1-6,10-11,15H2. The molecule has 0 aliphatic heterocycles. The molecule has 0 fully saturated rings. The van der Waals surface area contributed by atoms with Gasteiger partial charge in [0.2, 0.25) is 0 Å². The van der Waals surface area contributed by atoms with Gasteiger partial charge in [0.05, 0.1) is 19.8 Å². The summed E-state index contributed by atoms with van der Waals surface area (Å²) in [5.74, 6) is 0.712. The summed E-state index contributed by atoms with van der Waals surface area (Å²) in [5.41, 5.74) is 6.95. The zero-order valence-corrected chi connectivity index (χ0v) is 10.8. The molecule has 0 aromatic heterocycles. The maximum absolute atomic E-state index is 9.10. The number of unbranched alkanes of at least 4 members (excludes halogenated alkanes) is 3. The molecule has 0 saturated carbocycles. The maximum atomic E-state index is 9.10. The second kappa shape index (κ2) is 8.91. The lowest BCUT2D eigenvalue weighted by atomic mass is 10.1. The molecule has 4 nitrogen and oxygen atoms in total. The summed E-state index contributed by atoms with van der Waals surface area (Å²) in [7, 11) is 0. The van der Waals surface area contributed by atoms with Gasteiger partial charge in [0.1, 0.15) is 5.75 Å². The Balaban J connectivity index is 2.36. The second-order valence-corrected chi connectivity index (χ2v) is 4.35. The number of nitrogens with two attached hydrogens (primary N) is 1. The van der Waals surface area contributed by atoms with E-state index in [2.05, 4.69) is 0 Å². The molecule has 0 bridgehead atoms. The van der Waals surface area contributed by atoms with Gasteiger partial charge in [-0.1, -0.05) is 18.9 Å². The van der Waals surface area contributed by atoms with Crippen LogP contribution in [0.1, 0.15) is 36.8 Å². The first-order valence-electron chi connectivity index (χ1n) is 6.47. The van der Waals surface area contributed by atoms with Gasteiger partial charge in [0.15, 0.2) is 0 Å². The van der Waals surface area contributed by atoms with E-state index in [1.807, 2.05) is 0 Å². The predicted octanol–water partition coefficient (Wildman–Crippen LogP) is 1.57. The molecule has 0 aliphatic carbocycles. The van der Waals surface area contributed by atoms with Crippen LogP contribution in [0.4, 0.5) is 0 Å². The topological polar surface area (TPSA) is 75.7 Å². The van der Waals surface area contributed by atoms with Crippen LogP contribution in [0.25, 0.3) is 0 Å². The van der Waals surface area contributed by atoms with E-state index < -0.39 is 0 Å². The van der Waals surface area contributed by atoms with E-state index in [1.165, 1.54) is 0 Å². The van der Waals surface area contributed by atoms with Crippen molar-refractivity contribution in [3.8, 4) is 5.75 Å². The number of rotatable bonds is 9. The molecule has 1 aromatic carbocycles. The van der Waals surface area contributed by atoms with Crippen molar-refractivity contribution in [3.63, 3.8) is 0 Å². The highest BCUT2D eigenvalue weighted by Gasteiger charge is 2.01. The van der Waals surface area contributed by atoms with E-state index in [1.54, 1.807) is 18.2 Å². The molecule has 1 aromatic rings. The summed E-state index contributed by atoms with van der Waals surface area (Å²) in [6.45, 7) is 1.32. The van der Waals surface area contributed by atoms with Gasteiger partial charge in [-0.3, -0.25) is 0 Å². The molecule has 1 rings (SSSR count). The van der Waals surface area contributed by atoms with Crippen molar-refractivity contribution < 1.29 is 14.9 Å². The molecule has 0 heterocycles. The first-order valence-corrected chi connectivity index (χ1v) is 6.47. The van der Waals surface area contributed by atoms with Crippen LogP contribution in [0, 0.1) is 0 Å². The van der Waals surface area contributed by atoms with Crippen LogP contribution in [0.3, 0.4) is 0 Å². The van der Waals surface area contributed by atoms with Gasteiger partial charge >= 0.3 is 0 Å². The summed E-state index contributed by atoms with van der Waals surface area (Å²) in [4.78, 5) is 0. The SMILES string of the molecule is NCCCCCCOc1cc(CO)cc(CO)c1. The zero-order chi connectivity index (χ0) is 13.2. The van der Waals surface area contributed by atoms with Gasteiger partial charge in [-0.2, -0.15) is 0 Å². The van der Waals surface area contributed by atoms with Crippen molar-refractivity contribution in [2.24, 2.45) is 5.73 Å². The van der Waals surface area contributed by atoms with Crippen molar-refractivity contribution in [1.29, 1.82) is 0 Å². The van der Waals surface area contributed by atoms with Gasteiger partial charge in [0, 0.05) is 0 Å². The van der Waals surface area contributed by atoms with E-state index in [9.17, 15) is 0 Å². The molecule has 0 saturated heterocycles.